The number of aromatic nitrogens is 1. The lowest BCUT2D eigenvalue weighted by molar-refractivity contribution is 0.112. The van der Waals surface area contributed by atoms with Gasteiger partial charge in [-0.3, -0.25) is 4.72 Å². The molecule has 1 aromatic heterocycles. The Hall–Kier alpha value is -1.63. The van der Waals surface area contributed by atoms with E-state index in [-0.39, 0.29) is 10.7 Å². The predicted octanol–water partition coefficient (Wildman–Crippen LogP) is 3.85. The average molecular weight is 367 g/mol. The molecule has 1 fully saturated rings. The van der Waals surface area contributed by atoms with Gasteiger partial charge >= 0.3 is 0 Å². The zero-order valence-corrected chi connectivity index (χ0v) is 14.7. The van der Waals surface area contributed by atoms with Crippen molar-refractivity contribution in [3.8, 4) is 0 Å². The summed E-state index contributed by atoms with van der Waals surface area (Å²) in [5.41, 5.74) is 0.692. The number of ether oxygens (including phenoxy) is 1. The zero-order chi connectivity index (χ0) is 17.0. The Kier molecular flexibility index (Phi) is 5.38. The molecule has 1 aliphatic carbocycles. The Labute approximate surface area is 147 Å². The van der Waals surface area contributed by atoms with Crippen LogP contribution in [0.15, 0.2) is 47.4 Å². The molecule has 1 aliphatic rings. The molecule has 128 valence electrons. The fourth-order valence-electron chi connectivity index (χ4n) is 2.28. The van der Waals surface area contributed by atoms with Crippen LogP contribution < -0.4 is 4.72 Å². The minimum absolute atomic E-state index is 0.0999. The van der Waals surface area contributed by atoms with Crippen molar-refractivity contribution >= 4 is 27.4 Å². The second-order valence-electron chi connectivity index (χ2n) is 5.86. The van der Waals surface area contributed by atoms with Crippen LogP contribution in [0.5, 0.6) is 0 Å². The molecule has 24 heavy (non-hydrogen) atoms. The third-order valence-electron chi connectivity index (χ3n) is 3.77. The molecule has 0 radical (unpaired) electrons. The first-order valence-electron chi connectivity index (χ1n) is 7.85. The Morgan fingerprint density at radius 1 is 1.21 bits per heavy atom. The zero-order valence-electron chi connectivity index (χ0n) is 13.1. The topological polar surface area (TPSA) is 68.3 Å². The first-order chi connectivity index (χ1) is 11.5. The van der Waals surface area contributed by atoms with Crippen LogP contribution in [0, 0.1) is 5.92 Å². The maximum absolute atomic E-state index is 12.4. The first-order valence-corrected chi connectivity index (χ1v) is 9.71. The summed E-state index contributed by atoms with van der Waals surface area (Å²) >= 11 is 5.85. The molecule has 3 rings (SSSR count). The van der Waals surface area contributed by atoms with E-state index in [0.29, 0.717) is 23.9 Å². The molecule has 0 bridgehead atoms. The molecular formula is C17H19ClN2O3S. The molecule has 0 saturated heterocycles. The van der Waals surface area contributed by atoms with Crippen molar-refractivity contribution in [2.45, 2.75) is 30.8 Å². The summed E-state index contributed by atoms with van der Waals surface area (Å²) in [6.45, 7) is 1.09. The van der Waals surface area contributed by atoms with Gasteiger partial charge in [0.1, 0.15) is 5.82 Å². The monoisotopic (exact) mass is 366 g/mol. The van der Waals surface area contributed by atoms with Crippen molar-refractivity contribution in [2.75, 3.05) is 11.3 Å². The summed E-state index contributed by atoms with van der Waals surface area (Å²) in [6.07, 6.45) is 3.70. The number of sulfonamides is 1. The highest BCUT2D eigenvalue weighted by Crippen LogP contribution is 2.32. The number of nitrogens with zero attached hydrogens (tertiary/aromatic N) is 1. The number of hydrogen-bond donors (Lipinski definition) is 1. The summed E-state index contributed by atoms with van der Waals surface area (Å²) in [4.78, 5) is 4.39. The van der Waals surface area contributed by atoms with Crippen molar-refractivity contribution in [1.82, 2.24) is 4.98 Å². The molecule has 5 nitrogen and oxygen atoms in total. The average Bonchev–Trinajstić information content (AvgIpc) is 3.36. The second-order valence-corrected chi connectivity index (χ2v) is 7.98. The van der Waals surface area contributed by atoms with E-state index in [4.69, 9.17) is 16.3 Å². The Bertz CT molecular complexity index is 807. The van der Waals surface area contributed by atoms with Gasteiger partial charge in [-0.15, -0.1) is 0 Å². The van der Waals surface area contributed by atoms with Gasteiger partial charge in [-0.1, -0.05) is 36.6 Å². The quantitative estimate of drug-likeness (QED) is 0.720. The van der Waals surface area contributed by atoms with Crippen molar-refractivity contribution in [2.24, 2.45) is 5.92 Å². The number of hydrogen-bond acceptors (Lipinski definition) is 4. The van der Waals surface area contributed by atoms with Crippen LogP contribution in [-0.2, 0) is 21.4 Å². The number of benzene rings is 1. The molecule has 0 atom stereocenters. The Morgan fingerprint density at radius 2 is 2.00 bits per heavy atom. The molecule has 1 saturated carbocycles. The lowest BCUT2D eigenvalue weighted by Gasteiger charge is -2.09. The van der Waals surface area contributed by atoms with Crippen molar-refractivity contribution in [3.05, 3.63) is 53.2 Å². The van der Waals surface area contributed by atoms with Gasteiger partial charge < -0.3 is 4.74 Å². The van der Waals surface area contributed by atoms with E-state index in [9.17, 15) is 8.42 Å². The molecule has 1 N–H and O–H groups in total. The third kappa shape index (κ3) is 4.93. The van der Waals surface area contributed by atoms with Crippen LogP contribution in [0.25, 0.3) is 0 Å². The van der Waals surface area contributed by atoms with Gasteiger partial charge in [-0.25, -0.2) is 13.4 Å². The minimum Gasteiger partial charge on any atom is -0.375 e. The molecule has 2 aromatic rings. The summed E-state index contributed by atoms with van der Waals surface area (Å²) < 4.78 is 32.8. The van der Waals surface area contributed by atoms with Crippen molar-refractivity contribution in [3.63, 3.8) is 0 Å². The Balaban J connectivity index is 1.62. The van der Waals surface area contributed by atoms with Gasteiger partial charge in [0.05, 0.1) is 17.2 Å². The maximum Gasteiger partial charge on any atom is 0.263 e. The molecule has 0 spiro atoms. The third-order valence-corrected chi connectivity index (χ3v) is 5.36. The highest BCUT2D eigenvalue weighted by Gasteiger charge is 2.20. The highest BCUT2D eigenvalue weighted by atomic mass is 35.5. The number of nitrogens with one attached hydrogen (secondary N) is 1. The summed E-state index contributed by atoms with van der Waals surface area (Å²) in [7, 11) is -3.72. The van der Waals surface area contributed by atoms with Crippen LogP contribution in [0.3, 0.4) is 0 Å². The van der Waals surface area contributed by atoms with Gasteiger partial charge in [0.2, 0.25) is 0 Å². The lowest BCUT2D eigenvalue weighted by atomic mass is 10.3. The predicted molar refractivity (Wildman–Crippen MR) is 93.5 cm³/mol. The number of halogens is 1. The van der Waals surface area contributed by atoms with Gasteiger partial charge in [-0.05, 0) is 42.7 Å². The largest absolute Gasteiger partial charge is 0.375 e. The van der Waals surface area contributed by atoms with Crippen LogP contribution in [0.2, 0.25) is 5.02 Å². The van der Waals surface area contributed by atoms with Gasteiger partial charge in [-0.2, -0.15) is 0 Å². The molecule has 7 heteroatoms. The number of rotatable bonds is 8. The molecular weight excluding hydrogens is 348 g/mol. The smallest absolute Gasteiger partial charge is 0.263 e. The summed E-state index contributed by atoms with van der Waals surface area (Å²) in [5, 5.41) is 0.364. The standard InChI is InChI=1S/C17H19ClN2O3S/c18-14-3-1-5-16(11-14)24(21,22)20-17-6-2-4-15(19-17)12-23-10-9-13-7-8-13/h1-6,11,13H,7-10,12H2,(H,19,20). The highest BCUT2D eigenvalue weighted by molar-refractivity contribution is 7.92. The van der Waals surface area contributed by atoms with E-state index >= 15 is 0 Å². The van der Waals surface area contributed by atoms with Gasteiger partial charge in [0, 0.05) is 11.6 Å². The van der Waals surface area contributed by atoms with Crippen molar-refractivity contribution < 1.29 is 13.2 Å². The van der Waals surface area contributed by atoms with E-state index in [0.717, 1.165) is 12.3 Å². The molecule has 0 amide bonds. The van der Waals surface area contributed by atoms with E-state index in [2.05, 4.69) is 9.71 Å². The molecule has 0 unspecified atom stereocenters. The first kappa shape index (κ1) is 17.2. The maximum atomic E-state index is 12.4. The van der Waals surface area contributed by atoms with E-state index in [1.807, 2.05) is 6.07 Å². The van der Waals surface area contributed by atoms with E-state index in [1.165, 1.54) is 25.0 Å². The molecule has 1 heterocycles. The second kappa shape index (κ2) is 7.51. The SMILES string of the molecule is O=S(=O)(Nc1cccc(COCCC2CC2)n1)c1cccc(Cl)c1. The van der Waals surface area contributed by atoms with Crippen molar-refractivity contribution in [1.29, 1.82) is 0 Å². The fraction of sp³-hybridized carbons (Fsp3) is 0.353. The summed E-state index contributed by atoms with van der Waals surface area (Å²) in [5.74, 6) is 1.09. The molecule has 1 aromatic carbocycles. The van der Waals surface area contributed by atoms with Crippen LogP contribution in [0.4, 0.5) is 5.82 Å². The number of pyridine rings is 1. The number of anilines is 1. The fourth-order valence-corrected chi connectivity index (χ4v) is 3.58. The summed E-state index contributed by atoms with van der Waals surface area (Å²) in [6, 6.07) is 11.3. The normalized spacial score (nSPS) is 14.5. The molecule has 0 aliphatic heterocycles. The minimum atomic E-state index is -3.72. The van der Waals surface area contributed by atoms with E-state index in [1.54, 1.807) is 24.3 Å². The van der Waals surface area contributed by atoms with Gasteiger partial charge in [0.25, 0.3) is 10.0 Å². The van der Waals surface area contributed by atoms with Crippen LogP contribution >= 0.6 is 11.6 Å². The van der Waals surface area contributed by atoms with Crippen LogP contribution in [0.1, 0.15) is 25.0 Å². The van der Waals surface area contributed by atoms with E-state index < -0.39 is 10.0 Å². The van der Waals surface area contributed by atoms with Gasteiger partial charge in [0.15, 0.2) is 0 Å². The lowest BCUT2D eigenvalue weighted by Crippen LogP contribution is -2.14. The Morgan fingerprint density at radius 3 is 2.75 bits per heavy atom. The van der Waals surface area contributed by atoms with Crippen LogP contribution in [-0.4, -0.2) is 20.0 Å².